The summed E-state index contributed by atoms with van der Waals surface area (Å²) in [5.74, 6) is -2.00. The maximum absolute atomic E-state index is 13.9. The van der Waals surface area contributed by atoms with Gasteiger partial charge >= 0.3 is 6.18 Å². The van der Waals surface area contributed by atoms with Gasteiger partial charge < -0.3 is 9.63 Å². The maximum atomic E-state index is 13.9. The fourth-order valence-corrected chi connectivity index (χ4v) is 2.82. The van der Waals surface area contributed by atoms with Crippen molar-refractivity contribution in [3.05, 3.63) is 57.4 Å². The number of halogens is 4. The summed E-state index contributed by atoms with van der Waals surface area (Å²) in [5, 5.41) is 10.5. The van der Waals surface area contributed by atoms with Gasteiger partial charge in [0.2, 0.25) is 8.03 Å². The Kier molecular flexibility index (Phi) is 5.68. The Labute approximate surface area is 145 Å². The minimum absolute atomic E-state index is 0.154. The van der Waals surface area contributed by atoms with Crippen molar-refractivity contribution in [3.8, 4) is 11.5 Å². The first-order valence-electron chi connectivity index (χ1n) is 7.13. The summed E-state index contributed by atoms with van der Waals surface area (Å²) in [6, 6.07) is 3.58. The molecule has 0 aliphatic heterocycles. The van der Waals surface area contributed by atoms with Crippen LogP contribution in [-0.2, 0) is 17.2 Å². The summed E-state index contributed by atoms with van der Waals surface area (Å²) in [6.07, 6.45) is -4.53. The van der Waals surface area contributed by atoms with E-state index in [1.165, 1.54) is 0 Å². The third-order valence-electron chi connectivity index (χ3n) is 3.47. The molecule has 11 heteroatoms. The van der Waals surface area contributed by atoms with E-state index < -0.39 is 47.2 Å². The standard InChI is InChI=1S/C15H12F4NO5P/c1-2-8-5-11(20(21)22)14(26(23)24)7-13(8)25-12-4-3-9(6-10(12)16)15(17,18)19/h3-7,26H,2H2,1H3,(H,23,24). The van der Waals surface area contributed by atoms with Crippen LogP contribution < -0.4 is 10.0 Å². The minimum Gasteiger partial charge on any atom is -0.454 e. The molecule has 0 radical (unpaired) electrons. The van der Waals surface area contributed by atoms with Gasteiger partial charge in [-0.2, -0.15) is 13.2 Å². The molecule has 0 aliphatic carbocycles. The Hall–Kier alpha value is -2.45. The molecule has 6 nitrogen and oxygen atoms in total. The zero-order valence-electron chi connectivity index (χ0n) is 13.1. The van der Waals surface area contributed by atoms with Crippen LogP contribution in [0.25, 0.3) is 0 Å². The Morgan fingerprint density at radius 2 is 1.88 bits per heavy atom. The zero-order valence-corrected chi connectivity index (χ0v) is 14.1. The van der Waals surface area contributed by atoms with Crippen LogP contribution in [0.2, 0.25) is 0 Å². The average molecular weight is 393 g/mol. The lowest BCUT2D eigenvalue weighted by Crippen LogP contribution is -2.09. The average Bonchev–Trinajstić information content (AvgIpc) is 2.54. The van der Waals surface area contributed by atoms with Gasteiger partial charge in [-0.3, -0.25) is 14.7 Å². The van der Waals surface area contributed by atoms with E-state index in [1.807, 2.05) is 0 Å². The lowest BCUT2D eigenvalue weighted by Gasteiger charge is -2.13. The third-order valence-corrected chi connectivity index (χ3v) is 4.33. The molecule has 140 valence electrons. The molecule has 0 fully saturated rings. The van der Waals surface area contributed by atoms with Crippen molar-refractivity contribution >= 4 is 19.0 Å². The van der Waals surface area contributed by atoms with E-state index in [2.05, 4.69) is 0 Å². The largest absolute Gasteiger partial charge is 0.454 e. The molecule has 0 bridgehead atoms. The molecule has 0 saturated carbocycles. The SMILES string of the molecule is CCc1cc([N+](=O)[O-])c([PH](=O)O)cc1Oc1ccc(C(F)(F)F)cc1F. The van der Waals surface area contributed by atoms with Crippen LogP contribution in [0, 0.1) is 15.9 Å². The number of benzene rings is 2. The van der Waals surface area contributed by atoms with Gasteiger partial charge in [0.15, 0.2) is 11.6 Å². The minimum atomic E-state index is -4.73. The highest BCUT2D eigenvalue weighted by Crippen LogP contribution is 2.36. The molecule has 1 unspecified atom stereocenters. The molecule has 1 N–H and O–H groups in total. The molecule has 0 saturated heterocycles. The lowest BCUT2D eigenvalue weighted by atomic mass is 10.1. The summed E-state index contributed by atoms with van der Waals surface area (Å²) >= 11 is 0. The van der Waals surface area contributed by atoms with Gasteiger partial charge in [-0.25, -0.2) is 4.39 Å². The topological polar surface area (TPSA) is 89.7 Å². The summed E-state index contributed by atoms with van der Waals surface area (Å²) < 4.78 is 68.3. The van der Waals surface area contributed by atoms with Gasteiger partial charge in [-0.05, 0) is 24.6 Å². The van der Waals surface area contributed by atoms with E-state index in [0.717, 1.165) is 18.2 Å². The summed E-state index contributed by atoms with van der Waals surface area (Å²) in [7, 11) is -3.47. The van der Waals surface area contributed by atoms with Crippen LogP contribution in [0.3, 0.4) is 0 Å². The number of aryl methyl sites for hydroxylation is 1. The fourth-order valence-electron chi connectivity index (χ4n) is 2.18. The molecule has 0 spiro atoms. The quantitative estimate of drug-likeness (QED) is 0.356. The second-order valence-corrected chi connectivity index (χ2v) is 6.29. The number of alkyl halides is 3. The van der Waals surface area contributed by atoms with Crippen molar-refractivity contribution in [1.29, 1.82) is 0 Å². The van der Waals surface area contributed by atoms with E-state index in [0.29, 0.717) is 6.07 Å². The van der Waals surface area contributed by atoms with Crippen LogP contribution in [0.15, 0.2) is 30.3 Å². The molecular weight excluding hydrogens is 381 g/mol. The Bertz CT molecular complexity index is 885. The molecule has 26 heavy (non-hydrogen) atoms. The smallest absolute Gasteiger partial charge is 0.416 e. The molecule has 2 aromatic carbocycles. The highest BCUT2D eigenvalue weighted by atomic mass is 31.1. The number of ether oxygens (including phenoxy) is 1. The number of nitro groups is 1. The second kappa shape index (κ2) is 7.43. The van der Waals surface area contributed by atoms with Crippen molar-refractivity contribution in [1.82, 2.24) is 0 Å². The normalized spacial score (nSPS) is 12.7. The first kappa shape index (κ1) is 19.9. The van der Waals surface area contributed by atoms with Crippen LogP contribution in [-0.4, -0.2) is 9.82 Å². The van der Waals surface area contributed by atoms with Gasteiger partial charge in [0.1, 0.15) is 11.1 Å². The molecule has 2 rings (SSSR count). The highest BCUT2D eigenvalue weighted by molar-refractivity contribution is 7.47. The van der Waals surface area contributed by atoms with Crippen LogP contribution >= 0.6 is 8.03 Å². The molecule has 1 atom stereocenters. The van der Waals surface area contributed by atoms with Crippen molar-refractivity contribution < 1.29 is 36.7 Å². The summed E-state index contributed by atoms with van der Waals surface area (Å²) in [4.78, 5) is 19.5. The summed E-state index contributed by atoms with van der Waals surface area (Å²) in [5.41, 5.74) is -1.57. The summed E-state index contributed by atoms with van der Waals surface area (Å²) in [6.45, 7) is 1.61. The van der Waals surface area contributed by atoms with Crippen molar-refractivity contribution in [3.63, 3.8) is 0 Å². The number of nitro benzene ring substituents is 1. The number of rotatable bonds is 5. The third kappa shape index (κ3) is 4.20. The molecule has 0 amide bonds. The van der Waals surface area contributed by atoms with E-state index in [4.69, 9.17) is 4.74 Å². The zero-order chi connectivity index (χ0) is 19.6. The Morgan fingerprint density at radius 3 is 2.35 bits per heavy atom. The molecule has 2 aromatic rings. The Morgan fingerprint density at radius 1 is 1.23 bits per heavy atom. The molecule has 0 aromatic heterocycles. The molecule has 0 aliphatic rings. The van der Waals surface area contributed by atoms with Gasteiger partial charge in [-0.15, -0.1) is 0 Å². The van der Waals surface area contributed by atoms with Crippen LogP contribution in [0.5, 0.6) is 11.5 Å². The van der Waals surface area contributed by atoms with E-state index in [-0.39, 0.29) is 23.8 Å². The molecule has 0 heterocycles. The predicted molar refractivity (Wildman–Crippen MR) is 84.8 cm³/mol. The fraction of sp³-hybridized carbons (Fsp3) is 0.200. The number of hydrogen-bond donors (Lipinski definition) is 1. The van der Waals surface area contributed by atoms with Gasteiger partial charge in [0.05, 0.1) is 10.5 Å². The monoisotopic (exact) mass is 393 g/mol. The van der Waals surface area contributed by atoms with E-state index in [9.17, 15) is 37.1 Å². The first-order valence-corrected chi connectivity index (χ1v) is 8.49. The van der Waals surface area contributed by atoms with E-state index in [1.54, 1.807) is 6.92 Å². The van der Waals surface area contributed by atoms with E-state index >= 15 is 0 Å². The van der Waals surface area contributed by atoms with Gasteiger partial charge in [-0.1, -0.05) is 6.92 Å². The lowest BCUT2D eigenvalue weighted by molar-refractivity contribution is -0.383. The highest BCUT2D eigenvalue weighted by Gasteiger charge is 2.31. The van der Waals surface area contributed by atoms with Gasteiger partial charge in [0, 0.05) is 17.7 Å². The number of nitrogens with zero attached hydrogens (tertiary/aromatic N) is 1. The maximum Gasteiger partial charge on any atom is 0.416 e. The molecular formula is C15H12F4NO5P. The van der Waals surface area contributed by atoms with Crippen molar-refractivity contribution in [2.24, 2.45) is 0 Å². The van der Waals surface area contributed by atoms with Gasteiger partial charge in [0.25, 0.3) is 5.69 Å². The van der Waals surface area contributed by atoms with Crippen molar-refractivity contribution in [2.45, 2.75) is 19.5 Å². The van der Waals surface area contributed by atoms with Crippen LogP contribution in [0.1, 0.15) is 18.1 Å². The van der Waals surface area contributed by atoms with Crippen molar-refractivity contribution in [2.75, 3.05) is 0 Å². The van der Waals surface area contributed by atoms with Crippen LogP contribution in [0.4, 0.5) is 23.2 Å². The Balaban J connectivity index is 2.51. The number of hydrogen-bond acceptors (Lipinski definition) is 4. The first-order chi connectivity index (χ1) is 12.0. The predicted octanol–water partition coefficient (Wildman–Crippen LogP) is 4.20. The second-order valence-electron chi connectivity index (χ2n) is 5.14.